The van der Waals surface area contributed by atoms with Crippen molar-refractivity contribution in [3.8, 4) is 0 Å². The number of aliphatic hydroxyl groups excluding tert-OH is 1. The fourth-order valence-corrected chi connectivity index (χ4v) is 2.94. The first kappa shape index (κ1) is 13.4. The fourth-order valence-electron chi connectivity index (χ4n) is 2.94. The molecule has 1 amide bonds. The molecule has 108 valence electrons. The van der Waals surface area contributed by atoms with Gasteiger partial charge in [-0.2, -0.15) is 0 Å². The predicted molar refractivity (Wildman–Crippen MR) is 75.7 cm³/mol. The van der Waals surface area contributed by atoms with Gasteiger partial charge in [-0.1, -0.05) is 18.2 Å². The molecule has 1 aromatic rings. The molecule has 2 unspecified atom stereocenters. The Morgan fingerprint density at radius 2 is 2.30 bits per heavy atom. The van der Waals surface area contributed by atoms with E-state index in [4.69, 9.17) is 9.84 Å². The van der Waals surface area contributed by atoms with Crippen LogP contribution in [0.15, 0.2) is 24.3 Å². The molecule has 0 radical (unpaired) electrons. The molecule has 2 aliphatic heterocycles. The summed E-state index contributed by atoms with van der Waals surface area (Å²) in [7, 11) is 0. The van der Waals surface area contributed by atoms with Crippen molar-refractivity contribution in [1.29, 1.82) is 0 Å². The highest BCUT2D eigenvalue weighted by Gasteiger charge is 2.29. The summed E-state index contributed by atoms with van der Waals surface area (Å²) < 4.78 is 5.38. The van der Waals surface area contributed by atoms with Crippen molar-refractivity contribution in [3.63, 3.8) is 0 Å². The van der Waals surface area contributed by atoms with Gasteiger partial charge >= 0.3 is 0 Å². The maximum atomic E-state index is 12.4. The van der Waals surface area contributed by atoms with E-state index in [1.54, 1.807) is 0 Å². The van der Waals surface area contributed by atoms with E-state index in [0.29, 0.717) is 26.1 Å². The van der Waals surface area contributed by atoms with Crippen LogP contribution in [0, 0.1) is 0 Å². The quantitative estimate of drug-likeness (QED) is 0.857. The summed E-state index contributed by atoms with van der Waals surface area (Å²) in [5.74, 6) is 0.393. The van der Waals surface area contributed by atoms with E-state index < -0.39 is 0 Å². The van der Waals surface area contributed by atoms with E-state index >= 15 is 0 Å². The molecule has 1 fully saturated rings. The maximum Gasteiger partial charge on any atom is 0.223 e. The normalized spacial score (nSPS) is 25.1. The van der Waals surface area contributed by atoms with Crippen LogP contribution in [0.1, 0.15) is 17.9 Å². The summed E-state index contributed by atoms with van der Waals surface area (Å²) in [5, 5.41) is 12.5. The molecule has 2 atom stereocenters. The number of morpholine rings is 1. The van der Waals surface area contributed by atoms with Crippen molar-refractivity contribution in [1.82, 2.24) is 4.90 Å². The lowest BCUT2D eigenvalue weighted by Crippen LogP contribution is -2.47. The Morgan fingerprint density at radius 3 is 3.15 bits per heavy atom. The van der Waals surface area contributed by atoms with Crippen LogP contribution in [0.25, 0.3) is 0 Å². The van der Waals surface area contributed by atoms with Gasteiger partial charge in [0.25, 0.3) is 0 Å². The number of fused-ring (bicyclic) bond motifs is 1. The summed E-state index contributed by atoms with van der Waals surface area (Å²) in [6, 6.07) is 8.16. The predicted octanol–water partition coefficient (Wildman–Crippen LogP) is 0.805. The van der Waals surface area contributed by atoms with Crippen molar-refractivity contribution < 1.29 is 14.6 Å². The van der Waals surface area contributed by atoms with Crippen LogP contribution in [0.4, 0.5) is 5.69 Å². The second-order valence-electron chi connectivity index (χ2n) is 5.38. The highest BCUT2D eigenvalue weighted by atomic mass is 16.5. The average Bonchev–Trinajstić information content (AvgIpc) is 2.90. The number of carbonyl (C=O) groups excluding carboxylic acids is 1. The van der Waals surface area contributed by atoms with Crippen LogP contribution in [0.5, 0.6) is 0 Å². The molecule has 2 aliphatic rings. The zero-order valence-electron chi connectivity index (χ0n) is 11.4. The monoisotopic (exact) mass is 276 g/mol. The second kappa shape index (κ2) is 5.81. The van der Waals surface area contributed by atoms with E-state index in [9.17, 15) is 4.79 Å². The average molecular weight is 276 g/mol. The molecule has 0 bridgehead atoms. The van der Waals surface area contributed by atoms with Gasteiger partial charge in [-0.05, 0) is 11.6 Å². The molecule has 0 saturated carbocycles. The topological polar surface area (TPSA) is 61.8 Å². The fraction of sp³-hybridized carbons (Fsp3) is 0.533. The molecule has 2 heterocycles. The van der Waals surface area contributed by atoms with Crippen molar-refractivity contribution >= 4 is 11.6 Å². The molecule has 20 heavy (non-hydrogen) atoms. The molecule has 0 spiro atoms. The number of carbonyl (C=O) groups is 1. The van der Waals surface area contributed by atoms with Gasteiger partial charge in [0, 0.05) is 37.7 Å². The summed E-state index contributed by atoms with van der Waals surface area (Å²) >= 11 is 0. The minimum absolute atomic E-state index is 0.0302. The van der Waals surface area contributed by atoms with E-state index in [0.717, 1.165) is 12.2 Å². The number of amides is 1. The first-order valence-corrected chi connectivity index (χ1v) is 7.11. The molecule has 3 rings (SSSR count). The smallest absolute Gasteiger partial charge is 0.223 e. The highest BCUT2D eigenvalue weighted by molar-refractivity contribution is 5.78. The van der Waals surface area contributed by atoms with Crippen molar-refractivity contribution in [2.24, 2.45) is 0 Å². The number of anilines is 1. The lowest BCUT2D eigenvalue weighted by Gasteiger charge is -2.32. The molecule has 5 heteroatoms. The Morgan fingerprint density at radius 1 is 1.45 bits per heavy atom. The van der Waals surface area contributed by atoms with Gasteiger partial charge in [0.1, 0.15) is 0 Å². The highest BCUT2D eigenvalue weighted by Crippen LogP contribution is 2.33. The van der Waals surface area contributed by atoms with Gasteiger partial charge < -0.3 is 20.1 Å². The first-order chi connectivity index (χ1) is 9.78. The van der Waals surface area contributed by atoms with Gasteiger partial charge in [-0.3, -0.25) is 4.79 Å². The number of benzene rings is 1. The minimum Gasteiger partial charge on any atom is -0.394 e. The molecule has 1 saturated heterocycles. The van der Waals surface area contributed by atoms with Crippen molar-refractivity contribution in [2.45, 2.75) is 18.4 Å². The van der Waals surface area contributed by atoms with Crippen LogP contribution < -0.4 is 5.32 Å². The lowest BCUT2D eigenvalue weighted by molar-refractivity contribution is -0.140. The minimum atomic E-state index is -0.235. The van der Waals surface area contributed by atoms with Crippen LogP contribution in [-0.4, -0.2) is 54.9 Å². The van der Waals surface area contributed by atoms with E-state index in [1.807, 2.05) is 17.0 Å². The SMILES string of the molecule is O=C(CC1CNc2ccccc21)N1CCOC(CO)C1. The number of aliphatic hydroxyl groups is 1. The van der Waals surface area contributed by atoms with Crippen LogP contribution in [0.3, 0.4) is 0 Å². The molecule has 0 aliphatic carbocycles. The number of rotatable bonds is 3. The second-order valence-corrected chi connectivity index (χ2v) is 5.38. The third-order valence-corrected chi connectivity index (χ3v) is 4.06. The maximum absolute atomic E-state index is 12.4. The number of para-hydroxylation sites is 1. The molecular formula is C15H20N2O3. The number of hydrogen-bond donors (Lipinski definition) is 2. The Hall–Kier alpha value is -1.59. The molecule has 5 nitrogen and oxygen atoms in total. The lowest BCUT2D eigenvalue weighted by atomic mass is 9.97. The van der Waals surface area contributed by atoms with Crippen LogP contribution in [0.2, 0.25) is 0 Å². The molecule has 1 aromatic carbocycles. The van der Waals surface area contributed by atoms with Gasteiger partial charge in [0.05, 0.1) is 19.3 Å². The zero-order chi connectivity index (χ0) is 13.9. The third kappa shape index (κ3) is 2.64. The summed E-state index contributed by atoms with van der Waals surface area (Å²) in [6.07, 6.45) is 0.281. The van der Waals surface area contributed by atoms with E-state index in [-0.39, 0.29) is 24.5 Å². The van der Waals surface area contributed by atoms with Crippen molar-refractivity contribution in [2.75, 3.05) is 38.2 Å². The number of nitrogens with one attached hydrogen (secondary N) is 1. The summed E-state index contributed by atoms with van der Waals surface area (Å²) in [5.41, 5.74) is 2.37. The van der Waals surface area contributed by atoms with Crippen LogP contribution in [-0.2, 0) is 9.53 Å². The first-order valence-electron chi connectivity index (χ1n) is 7.11. The number of hydrogen-bond acceptors (Lipinski definition) is 4. The van der Waals surface area contributed by atoms with E-state index in [2.05, 4.69) is 17.4 Å². The molecular weight excluding hydrogens is 256 g/mol. The summed E-state index contributed by atoms with van der Waals surface area (Å²) in [6.45, 7) is 2.42. The standard InChI is InChI=1S/C15H20N2O3/c18-10-12-9-17(5-6-20-12)15(19)7-11-8-16-14-4-2-1-3-13(11)14/h1-4,11-12,16,18H,5-10H2. The third-order valence-electron chi connectivity index (χ3n) is 4.06. The number of nitrogens with zero attached hydrogens (tertiary/aromatic N) is 1. The van der Waals surface area contributed by atoms with E-state index in [1.165, 1.54) is 5.56 Å². The van der Waals surface area contributed by atoms with Gasteiger partial charge in [0.15, 0.2) is 0 Å². The Bertz CT molecular complexity index is 492. The van der Waals surface area contributed by atoms with Gasteiger partial charge in [0.2, 0.25) is 5.91 Å². The molecule has 0 aromatic heterocycles. The Kier molecular flexibility index (Phi) is 3.89. The summed E-state index contributed by atoms with van der Waals surface area (Å²) in [4.78, 5) is 14.2. The Balaban J connectivity index is 1.62. The van der Waals surface area contributed by atoms with Gasteiger partial charge in [-0.15, -0.1) is 0 Å². The zero-order valence-corrected chi connectivity index (χ0v) is 11.4. The van der Waals surface area contributed by atoms with Gasteiger partial charge in [-0.25, -0.2) is 0 Å². The van der Waals surface area contributed by atoms with Crippen molar-refractivity contribution in [3.05, 3.63) is 29.8 Å². The largest absolute Gasteiger partial charge is 0.394 e. The van der Waals surface area contributed by atoms with Crippen LogP contribution >= 0.6 is 0 Å². The molecule has 2 N–H and O–H groups in total. The number of ether oxygens (including phenoxy) is 1. The Labute approximate surface area is 118 Å².